The van der Waals surface area contributed by atoms with Crippen molar-refractivity contribution in [2.24, 2.45) is 0 Å². The van der Waals surface area contributed by atoms with Gasteiger partial charge in [-0.2, -0.15) is 9.61 Å². The number of aliphatic carboxylic acids is 1. The van der Waals surface area contributed by atoms with Crippen LogP contribution < -0.4 is 4.90 Å². The molecule has 0 atom stereocenters. The number of hydrogen-bond donors (Lipinski definition) is 1. The van der Waals surface area contributed by atoms with Crippen molar-refractivity contribution in [3.8, 4) is 0 Å². The topological polar surface area (TPSA) is 80.0 Å². The molecule has 0 fully saturated rings. The van der Waals surface area contributed by atoms with Gasteiger partial charge in [0.15, 0.2) is 5.65 Å². The number of pyridine rings is 1. The first kappa shape index (κ1) is 13.3. The van der Waals surface area contributed by atoms with E-state index in [1.54, 1.807) is 16.5 Å². The van der Waals surface area contributed by atoms with Crippen molar-refractivity contribution >= 4 is 17.4 Å². The van der Waals surface area contributed by atoms with Gasteiger partial charge in [-0.05, 0) is 24.6 Å². The molecule has 0 aromatic carbocycles. The fourth-order valence-corrected chi connectivity index (χ4v) is 1.90. The molecule has 0 aliphatic carbocycles. The SMILES string of the molecule is COCCN(CC(=O)O)c1cc(C)cc2ncnn12. The van der Waals surface area contributed by atoms with Crippen LogP contribution >= 0.6 is 0 Å². The van der Waals surface area contributed by atoms with Crippen LogP contribution in [0.3, 0.4) is 0 Å². The molecule has 1 N–H and O–H groups in total. The normalized spacial score (nSPS) is 10.8. The quantitative estimate of drug-likeness (QED) is 0.822. The molecule has 102 valence electrons. The molecule has 0 bridgehead atoms. The van der Waals surface area contributed by atoms with E-state index in [2.05, 4.69) is 10.1 Å². The highest BCUT2D eigenvalue weighted by atomic mass is 16.5. The molecule has 0 aliphatic heterocycles. The summed E-state index contributed by atoms with van der Waals surface area (Å²) in [6.07, 6.45) is 1.45. The number of ether oxygens (including phenoxy) is 1. The first-order valence-electron chi connectivity index (χ1n) is 5.88. The van der Waals surface area contributed by atoms with Crippen molar-refractivity contribution < 1.29 is 14.6 Å². The molecule has 2 heterocycles. The number of carboxylic acid groups (broad SMARTS) is 1. The summed E-state index contributed by atoms with van der Waals surface area (Å²) in [5.74, 6) is -0.196. The summed E-state index contributed by atoms with van der Waals surface area (Å²) in [6, 6.07) is 3.78. The van der Waals surface area contributed by atoms with E-state index in [-0.39, 0.29) is 6.54 Å². The van der Waals surface area contributed by atoms with Crippen molar-refractivity contribution in [3.63, 3.8) is 0 Å². The van der Waals surface area contributed by atoms with E-state index in [1.807, 2.05) is 19.1 Å². The van der Waals surface area contributed by atoms with Crippen LogP contribution in [0.4, 0.5) is 5.82 Å². The molecule has 0 aliphatic rings. The third kappa shape index (κ3) is 3.00. The van der Waals surface area contributed by atoms with Crippen molar-refractivity contribution in [2.45, 2.75) is 6.92 Å². The Morgan fingerprint density at radius 2 is 2.32 bits per heavy atom. The van der Waals surface area contributed by atoms with Gasteiger partial charge in [0.1, 0.15) is 18.7 Å². The Morgan fingerprint density at radius 1 is 1.53 bits per heavy atom. The van der Waals surface area contributed by atoms with Crippen LogP contribution in [-0.2, 0) is 9.53 Å². The number of methoxy groups -OCH3 is 1. The van der Waals surface area contributed by atoms with Crippen molar-refractivity contribution in [3.05, 3.63) is 24.0 Å². The summed E-state index contributed by atoms with van der Waals surface area (Å²) < 4.78 is 6.65. The van der Waals surface area contributed by atoms with Crippen LogP contribution in [-0.4, -0.2) is 52.5 Å². The van der Waals surface area contributed by atoms with Gasteiger partial charge in [-0.25, -0.2) is 4.98 Å². The van der Waals surface area contributed by atoms with Crippen LogP contribution in [0, 0.1) is 6.92 Å². The van der Waals surface area contributed by atoms with E-state index in [0.717, 1.165) is 5.56 Å². The zero-order valence-corrected chi connectivity index (χ0v) is 10.9. The maximum atomic E-state index is 11.0. The summed E-state index contributed by atoms with van der Waals surface area (Å²) in [4.78, 5) is 16.8. The molecule has 0 amide bonds. The van der Waals surface area contributed by atoms with Crippen LogP contribution in [0.1, 0.15) is 5.56 Å². The summed E-state index contributed by atoms with van der Waals surface area (Å²) in [5.41, 5.74) is 1.70. The number of rotatable bonds is 6. The molecule has 2 aromatic rings. The standard InChI is InChI=1S/C12H16N4O3/c1-9-5-10-13-8-14-16(10)11(6-9)15(3-4-19-2)7-12(17)18/h5-6,8H,3-4,7H2,1-2H3,(H,17,18). The minimum Gasteiger partial charge on any atom is -0.480 e. The number of aryl methyl sites for hydroxylation is 1. The minimum atomic E-state index is -0.897. The van der Waals surface area contributed by atoms with Crippen LogP contribution in [0.15, 0.2) is 18.5 Å². The second kappa shape index (κ2) is 5.66. The van der Waals surface area contributed by atoms with Gasteiger partial charge in [-0.1, -0.05) is 0 Å². The molecule has 19 heavy (non-hydrogen) atoms. The summed E-state index contributed by atoms with van der Waals surface area (Å²) in [6.45, 7) is 2.74. The van der Waals surface area contributed by atoms with Gasteiger partial charge < -0.3 is 14.7 Å². The lowest BCUT2D eigenvalue weighted by atomic mass is 10.2. The molecule has 0 saturated heterocycles. The highest BCUT2D eigenvalue weighted by Gasteiger charge is 2.15. The Bertz CT molecular complexity index is 581. The van der Waals surface area contributed by atoms with Gasteiger partial charge in [0.25, 0.3) is 0 Å². The van der Waals surface area contributed by atoms with Crippen LogP contribution in [0.2, 0.25) is 0 Å². The van der Waals surface area contributed by atoms with E-state index < -0.39 is 5.97 Å². The molecule has 0 radical (unpaired) electrons. The van der Waals surface area contributed by atoms with Crippen molar-refractivity contribution in [2.75, 3.05) is 31.7 Å². The third-order valence-corrected chi connectivity index (χ3v) is 2.72. The van der Waals surface area contributed by atoms with Gasteiger partial charge in [0, 0.05) is 13.7 Å². The largest absolute Gasteiger partial charge is 0.480 e. The van der Waals surface area contributed by atoms with Crippen molar-refractivity contribution in [1.82, 2.24) is 14.6 Å². The molecule has 2 aromatic heterocycles. The summed E-state index contributed by atoms with van der Waals surface area (Å²) in [7, 11) is 1.58. The van der Waals surface area contributed by atoms with Gasteiger partial charge in [0.2, 0.25) is 0 Å². The molecule has 0 saturated carbocycles. The zero-order chi connectivity index (χ0) is 13.8. The van der Waals surface area contributed by atoms with E-state index in [1.165, 1.54) is 6.33 Å². The van der Waals surface area contributed by atoms with Gasteiger partial charge in [-0.3, -0.25) is 4.79 Å². The molecule has 0 unspecified atom stereocenters. The fourth-order valence-electron chi connectivity index (χ4n) is 1.90. The number of fused-ring (bicyclic) bond motifs is 1. The Hall–Kier alpha value is -2.15. The maximum absolute atomic E-state index is 11.0. The highest BCUT2D eigenvalue weighted by molar-refractivity contribution is 5.73. The smallest absolute Gasteiger partial charge is 0.323 e. The number of carbonyl (C=O) groups is 1. The van der Waals surface area contributed by atoms with E-state index in [0.29, 0.717) is 24.6 Å². The Morgan fingerprint density at radius 3 is 3.00 bits per heavy atom. The zero-order valence-electron chi connectivity index (χ0n) is 10.9. The second-order valence-electron chi connectivity index (χ2n) is 4.23. The maximum Gasteiger partial charge on any atom is 0.323 e. The second-order valence-corrected chi connectivity index (χ2v) is 4.23. The Kier molecular flexibility index (Phi) is 3.96. The highest BCUT2D eigenvalue weighted by Crippen LogP contribution is 2.17. The Labute approximate surface area is 110 Å². The predicted molar refractivity (Wildman–Crippen MR) is 69.4 cm³/mol. The van der Waals surface area contributed by atoms with E-state index in [9.17, 15) is 4.79 Å². The Balaban J connectivity index is 2.41. The molecule has 7 nitrogen and oxygen atoms in total. The fraction of sp³-hybridized carbons (Fsp3) is 0.417. The van der Waals surface area contributed by atoms with Gasteiger partial charge in [-0.15, -0.1) is 0 Å². The van der Waals surface area contributed by atoms with Gasteiger partial charge in [0.05, 0.1) is 6.61 Å². The molecular weight excluding hydrogens is 248 g/mol. The average molecular weight is 264 g/mol. The predicted octanol–water partition coefficient (Wildman–Crippen LogP) is 0.575. The van der Waals surface area contributed by atoms with Crippen LogP contribution in [0.5, 0.6) is 0 Å². The molecule has 0 spiro atoms. The van der Waals surface area contributed by atoms with Gasteiger partial charge >= 0.3 is 5.97 Å². The first-order chi connectivity index (χ1) is 9.11. The first-order valence-corrected chi connectivity index (χ1v) is 5.88. The summed E-state index contributed by atoms with van der Waals surface area (Å²) in [5, 5.41) is 13.1. The number of aromatic nitrogens is 3. The number of anilines is 1. The lowest BCUT2D eigenvalue weighted by molar-refractivity contribution is -0.135. The lowest BCUT2D eigenvalue weighted by Crippen LogP contribution is -2.34. The monoisotopic (exact) mass is 264 g/mol. The molecule has 7 heteroatoms. The third-order valence-electron chi connectivity index (χ3n) is 2.72. The van der Waals surface area contributed by atoms with E-state index >= 15 is 0 Å². The number of nitrogens with zero attached hydrogens (tertiary/aromatic N) is 4. The number of hydrogen-bond acceptors (Lipinski definition) is 5. The van der Waals surface area contributed by atoms with Crippen LogP contribution in [0.25, 0.3) is 5.65 Å². The van der Waals surface area contributed by atoms with Crippen molar-refractivity contribution in [1.29, 1.82) is 0 Å². The average Bonchev–Trinajstić information content (AvgIpc) is 2.80. The molecular formula is C12H16N4O3. The molecule has 2 rings (SSSR count). The van der Waals surface area contributed by atoms with E-state index in [4.69, 9.17) is 9.84 Å². The number of carboxylic acids is 1. The summed E-state index contributed by atoms with van der Waals surface area (Å²) >= 11 is 0. The minimum absolute atomic E-state index is 0.109. The lowest BCUT2D eigenvalue weighted by Gasteiger charge is -2.23.